The minimum atomic E-state index is -0.755. The van der Waals surface area contributed by atoms with Gasteiger partial charge >= 0.3 is 0 Å². The molecule has 158 valence electrons. The van der Waals surface area contributed by atoms with Crippen molar-refractivity contribution in [2.24, 2.45) is 11.0 Å². The Morgan fingerprint density at radius 3 is 2.67 bits per heavy atom. The summed E-state index contributed by atoms with van der Waals surface area (Å²) in [4.78, 5) is 25.0. The van der Waals surface area contributed by atoms with Crippen molar-refractivity contribution in [1.29, 1.82) is 0 Å². The van der Waals surface area contributed by atoms with Crippen molar-refractivity contribution < 1.29 is 14.3 Å². The lowest BCUT2D eigenvalue weighted by atomic mass is 10.0. The minimum absolute atomic E-state index is 0.140. The van der Waals surface area contributed by atoms with E-state index in [0.29, 0.717) is 22.9 Å². The third kappa shape index (κ3) is 7.00. The summed E-state index contributed by atoms with van der Waals surface area (Å²) in [5, 5.41) is 7.18. The predicted octanol–water partition coefficient (Wildman–Crippen LogP) is 4.57. The van der Waals surface area contributed by atoms with Crippen molar-refractivity contribution in [1.82, 2.24) is 10.7 Å². The molecule has 0 aliphatic heterocycles. The average molecular weight is 493 g/mol. The highest BCUT2D eigenvalue weighted by Crippen LogP contribution is 2.25. The van der Waals surface area contributed by atoms with Crippen molar-refractivity contribution >= 4 is 45.6 Å². The molecular weight excluding hydrogens is 470 g/mol. The molecule has 0 saturated heterocycles. The zero-order chi connectivity index (χ0) is 22.1. The van der Waals surface area contributed by atoms with Crippen molar-refractivity contribution in [3.63, 3.8) is 0 Å². The second-order valence-corrected chi connectivity index (χ2v) is 8.02. The van der Waals surface area contributed by atoms with Gasteiger partial charge in [-0.05, 0) is 63.8 Å². The fourth-order valence-electron chi connectivity index (χ4n) is 2.49. The first-order valence-electron chi connectivity index (χ1n) is 9.24. The lowest BCUT2D eigenvalue weighted by Gasteiger charge is -2.20. The van der Waals surface area contributed by atoms with E-state index in [2.05, 4.69) is 38.4 Å². The molecule has 8 heteroatoms. The van der Waals surface area contributed by atoms with E-state index in [0.717, 1.165) is 10.0 Å². The van der Waals surface area contributed by atoms with Gasteiger partial charge in [0, 0.05) is 10.6 Å². The van der Waals surface area contributed by atoms with Crippen molar-refractivity contribution in [2.75, 3.05) is 6.61 Å². The van der Waals surface area contributed by atoms with E-state index >= 15 is 0 Å². The van der Waals surface area contributed by atoms with Crippen molar-refractivity contribution in [2.45, 2.75) is 19.9 Å². The van der Waals surface area contributed by atoms with Crippen LogP contribution in [0.3, 0.4) is 0 Å². The van der Waals surface area contributed by atoms with Crippen LogP contribution in [-0.4, -0.2) is 30.7 Å². The Morgan fingerprint density at radius 1 is 1.27 bits per heavy atom. The molecule has 0 aliphatic carbocycles. The van der Waals surface area contributed by atoms with Gasteiger partial charge in [0.25, 0.3) is 11.8 Å². The summed E-state index contributed by atoms with van der Waals surface area (Å²) in [6.07, 6.45) is 3.17. The van der Waals surface area contributed by atoms with E-state index in [1.807, 2.05) is 19.9 Å². The highest BCUT2D eigenvalue weighted by molar-refractivity contribution is 9.10. The van der Waals surface area contributed by atoms with Crippen LogP contribution in [0.1, 0.15) is 29.8 Å². The Labute approximate surface area is 189 Å². The molecule has 0 aromatic heterocycles. The number of amides is 2. The zero-order valence-electron chi connectivity index (χ0n) is 16.7. The smallest absolute Gasteiger partial charge is 0.262 e. The van der Waals surface area contributed by atoms with E-state index in [4.69, 9.17) is 16.3 Å². The summed E-state index contributed by atoms with van der Waals surface area (Å²) >= 11 is 9.36. The first kappa shape index (κ1) is 23.6. The number of rotatable bonds is 9. The van der Waals surface area contributed by atoms with Gasteiger partial charge in [-0.2, -0.15) is 5.10 Å². The predicted molar refractivity (Wildman–Crippen MR) is 123 cm³/mol. The number of nitrogens with zero attached hydrogens (tertiary/aromatic N) is 1. The number of hydrogen-bond donors (Lipinski definition) is 2. The first-order chi connectivity index (χ1) is 14.3. The normalized spacial score (nSPS) is 11.9. The van der Waals surface area contributed by atoms with Crippen LogP contribution in [0, 0.1) is 5.92 Å². The number of nitrogens with one attached hydrogen (secondary N) is 2. The molecular formula is C22H23BrClN3O3. The van der Waals surface area contributed by atoms with Gasteiger partial charge in [-0.1, -0.05) is 44.2 Å². The van der Waals surface area contributed by atoms with Gasteiger partial charge in [-0.3, -0.25) is 9.59 Å². The molecule has 2 amide bonds. The van der Waals surface area contributed by atoms with Crippen molar-refractivity contribution in [3.05, 3.63) is 75.7 Å². The molecule has 0 fully saturated rings. The monoisotopic (exact) mass is 491 g/mol. The summed E-state index contributed by atoms with van der Waals surface area (Å²) in [6.45, 7) is 7.69. The molecule has 0 aliphatic rings. The maximum atomic E-state index is 12.5. The number of benzene rings is 2. The van der Waals surface area contributed by atoms with Crippen LogP contribution in [0.5, 0.6) is 5.75 Å². The topological polar surface area (TPSA) is 79.8 Å². The van der Waals surface area contributed by atoms with E-state index in [1.54, 1.807) is 42.5 Å². The summed E-state index contributed by atoms with van der Waals surface area (Å²) in [7, 11) is 0. The summed E-state index contributed by atoms with van der Waals surface area (Å²) in [5.41, 5.74) is 3.62. The van der Waals surface area contributed by atoms with Gasteiger partial charge in [-0.25, -0.2) is 5.43 Å². The van der Waals surface area contributed by atoms with Gasteiger partial charge in [0.1, 0.15) is 18.4 Å². The number of carbonyl (C=O) groups is 2. The van der Waals surface area contributed by atoms with Crippen LogP contribution in [0.2, 0.25) is 5.02 Å². The van der Waals surface area contributed by atoms with E-state index in [9.17, 15) is 9.59 Å². The number of carbonyl (C=O) groups excluding carboxylic acids is 2. The fourth-order valence-corrected chi connectivity index (χ4v) is 3.19. The van der Waals surface area contributed by atoms with Crippen LogP contribution < -0.4 is 15.5 Å². The molecule has 0 saturated carbocycles. The Bertz CT molecular complexity index is 947. The third-order valence-corrected chi connectivity index (χ3v) is 4.88. The lowest BCUT2D eigenvalue weighted by molar-refractivity contribution is -0.123. The Balaban J connectivity index is 2.00. The number of hydrogen-bond acceptors (Lipinski definition) is 4. The first-order valence-corrected chi connectivity index (χ1v) is 10.4. The molecule has 2 aromatic rings. The third-order valence-electron chi connectivity index (χ3n) is 4.02. The molecule has 6 nitrogen and oxygen atoms in total. The number of halogens is 2. The molecule has 30 heavy (non-hydrogen) atoms. The largest absolute Gasteiger partial charge is 0.488 e. The van der Waals surface area contributed by atoms with Gasteiger partial charge in [0.05, 0.1) is 10.7 Å². The molecule has 2 N–H and O–H groups in total. The molecule has 0 radical (unpaired) electrons. The standard InChI is InChI=1S/C22H23BrClN3O3/c1-4-10-30-19-9-8-15(11-18(19)23)13-25-27-22(29)20(14(2)3)26-21(28)16-6-5-7-17(24)12-16/h4-9,11-14,20H,1,10H2,2-3H3,(H,26,28)(H,27,29). The van der Waals surface area contributed by atoms with E-state index in [-0.39, 0.29) is 11.8 Å². The maximum absolute atomic E-state index is 12.5. The van der Waals surface area contributed by atoms with Gasteiger partial charge in [-0.15, -0.1) is 0 Å². The SMILES string of the molecule is C=CCOc1ccc(C=NNC(=O)C(NC(=O)c2cccc(Cl)c2)C(C)C)cc1Br. The molecule has 2 rings (SSSR count). The summed E-state index contributed by atoms with van der Waals surface area (Å²) < 4.78 is 6.25. The Hall–Kier alpha value is -2.64. The van der Waals surface area contributed by atoms with Gasteiger partial charge < -0.3 is 10.1 Å². The minimum Gasteiger partial charge on any atom is -0.488 e. The van der Waals surface area contributed by atoms with Gasteiger partial charge in [0.2, 0.25) is 0 Å². The number of hydrazone groups is 1. The van der Waals surface area contributed by atoms with Crippen LogP contribution in [0.25, 0.3) is 0 Å². The van der Waals surface area contributed by atoms with Crippen LogP contribution >= 0.6 is 27.5 Å². The summed E-state index contributed by atoms with van der Waals surface area (Å²) in [5.74, 6) is -0.255. The molecule has 1 unspecified atom stereocenters. The lowest BCUT2D eigenvalue weighted by Crippen LogP contribution is -2.48. The molecule has 0 spiro atoms. The highest BCUT2D eigenvalue weighted by atomic mass is 79.9. The Kier molecular flexibility index (Phi) is 9.08. The van der Waals surface area contributed by atoms with Crippen molar-refractivity contribution in [3.8, 4) is 5.75 Å². The molecule has 1 atom stereocenters. The van der Waals surface area contributed by atoms with Crippen LogP contribution in [0.15, 0.2) is 64.7 Å². The van der Waals surface area contributed by atoms with Gasteiger partial charge in [0.15, 0.2) is 0 Å². The highest BCUT2D eigenvalue weighted by Gasteiger charge is 2.24. The van der Waals surface area contributed by atoms with Crippen LogP contribution in [0.4, 0.5) is 0 Å². The maximum Gasteiger partial charge on any atom is 0.262 e. The molecule has 2 aromatic carbocycles. The summed E-state index contributed by atoms with van der Waals surface area (Å²) in [6, 6.07) is 11.2. The quantitative estimate of drug-likeness (QED) is 0.306. The second-order valence-electron chi connectivity index (χ2n) is 6.73. The number of ether oxygens (including phenoxy) is 1. The Morgan fingerprint density at radius 2 is 2.03 bits per heavy atom. The fraction of sp³-hybridized carbons (Fsp3) is 0.227. The zero-order valence-corrected chi connectivity index (χ0v) is 19.0. The van der Waals surface area contributed by atoms with Crippen LogP contribution in [-0.2, 0) is 4.79 Å². The average Bonchev–Trinajstić information content (AvgIpc) is 2.70. The molecule has 0 heterocycles. The van der Waals surface area contributed by atoms with E-state index in [1.165, 1.54) is 6.21 Å². The van der Waals surface area contributed by atoms with E-state index < -0.39 is 11.9 Å². The second kappa shape index (κ2) is 11.5. The molecule has 0 bridgehead atoms.